The highest BCUT2D eigenvalue weighted by molar-refractivity contribution is 6.30. The van der Waals surface area contributed by atoms with Gasteiger partial charge in [0.15, 0.2) is 0 Å². The molecule has 0 aliphatic heterocycles. The molecule has 0 atom stereocenters. The van der Waals surface area contributed by atoms with Gasteiger partial charge in [0, 0.05) is 10.7 Å². The van der Waals surface area contributed by atoms with Gasteiger partial charge in [0.1, 0.15) is 0 Å². The zero-order valence-electron chi connectivity index (χ0n) is 13.4. The number of H-pyrrole nitrogens is 1. The lowest BCUT2D eigenvalue weighted by Crippen LogP contribution is -2.17. The average molecular weight is 341 g/mol. The number of anilines is 1. The normalized spacial score (nSPS) is 11.1. The van der Waals surface area contributed by atoms with Crippen LogP contribution in [-0.4, -0.2) is 16.0 Å². The Morgan fingerprint density at radius 1 is 1.12 bits per heavy atom. The second kappa shape index (κ2) is 6.76. The first kappa shape index (κ1) is 16.1. The van der Waals surface area contributed by atoms with Crippen molar-refractivity contribution in [1.82, 2.24) is 9.78 Å². The van der Waals surface area contributed by atoms with Crippen molar-refractivity contribution in [3.8, 4) is 5.69 Å². The third-order valence-corrected chi connectivity index (χ3v) is 3.98. The Bertz CT molecular complexity index is 938. The number of hydrogen-bond acceptors (Lipinski definition) is 3. The number of aryl methyl sites for hydroxylation is 2. The molecule has 0 bridgehead atoms. The summed E-state index contributed by atoms with van der Waals surface area (Å²) < 4.78 is 1.47. The van der Waals surface area contributed by atoms with Gasteiger partial charge >= 0.3 is 0 Å². The molecule has 2 aromatic carbocycles. The molecular formula is C18H17ClN4O. The summed E-state index contributed by atoms with van der Waals surface area (Å²) in [6.45, 7) is 3.83. The van der Waals surface area contributed by atoms with Gasteiger partial charge in [-0.2, -0.15) is 5.10 Å². The Balaban J connectivity index is 1.87. The molecule has 2 N–H and O–H groups in total. The summed E-state index contributed by atoms with van der Waals surface area (Å²) in [5.41, 5.74) is 6.75. The van der Waals surface area contributed by atoms with E-state index in [1.807, 2.05) is 38.1 Å². The number of hydrogen-bond donors (Lipinski definition) is 2. The van der Waals surface area contributed by atoms with Crippen LogP contribution in [0.2, 0.25) is 5.02 Å². The fourth-order valence-electron chi connectivity index (χ4n) is 2.35. The average Bonchev–Trinajstić information content (AvgIpc) is 2.85. The van der Waals surface area contributed by atoms with Gasteiger partial charge in [-0.05, 0) is 49.7 Å². The fourth-order valence-corrected chi connectivity index (χ4v) is 2.47. The second-order valence-corrected chi connectivity index (χ2v) is 5.89. The molecule has 0 aliphatic rings. The van der Waals surface area contributed by atoms with E-state index in [1.165, 1.54) is 10.9 Å². The van der Waals surface area contributed by atoms with Gasteiger partial charge < -0.3 is 0 Å². The van der Waals surface area contributed by atoms with E-state index in [4.69, 9.17) is 11.6 Å². The molecule has 0 saturated heterocycles. The fraction of sp³-hybridized carbons (Fsp3) is 0.111. The number of hydrazone groups is 1. The highest BCUT2D eigenvalue weighted by Gasteiger charge is 2.10. The van der Waals surface area contributed by atoms with Crippen molar-refractivity contribution in [2.24, 2.45) is 5.10 Å². The number of aromatic amines is 1. The van der Waals surface area contributed by atoms with E-state index in [2.05, 4.69) is 15.6 Å². The molecule has 122 valence electrons. The van der Waals surface area contributed by atoms with E-state index in [1.54, 1.807) is 24.3 Å². The Morgan fingerprint density at radius 3 is 2.54 bits per heavy atom. The number of aromatic nitrogens is 2. The van der Waals surface area contributed by atoms with Crippen molar-refractivity contribution in [1.29, 1.82) is 0 Å². The summed E-state index contributed by atoms with van der Waals surface area (Å²) >= 11 is 5.89. The number of rotatable bonds is 4. The lowest BCUT2D eigenvalue weighted by Gasteiger charge is -2.02. The van der Waals surface area contributed by atoms with Crippen LogP contribution in [0.15, 0.2) is 58.4 Å². The molecule has 0 saturated carbocycles. The zero-order valence-corrected chi connectivity index (χ0v) is 14.1. The van der Waals surface area contributed by atoms with Gasteiger partial charge in [-0.1, -0.05) is 29.8 Å². The summed E-state index contributed by atoms with van der Waals surface area (Å²) in [6, 6.07) is 14.9. The lowest BCUT2D eigenvalue weighted by atomic mass is 10.2. The standard InChI is InChI=1S/C18H17ClN4O/c1-12-5-3-4-6-17(12)21-20-11-16-13(2)22-23(18(16)24)15-9-7-14(19)8-10-15/h3-11,21-22H,1-2H3/b20-11+. The summed E-state index contributed by atoms with van der Waals surface area (Å²) in [4.78, 5) is 12.6. The Labute approximate surface area is 144 Å². The molecule has 0 amide bonds. The molecular weight excluding hydrogens is 324 g/mol. The maximum Gasteiger partial charge on any atom is 0.280 e. The molecule has 5 nitrogen and oxygen atoms in total. The van der Waals surface area contributed by atoms with Gasteiger partial charge in [-0.3, -0.25) is 15.3 Å². The Morgan fingerprint density at radius 2 is 1.83 bits per heavy atom. The van der Waals surface area contributed by atoms with Gasteiger partial charge in [0.05, 0.1) is 23.2 Å². The number of nitrogens with zero attached hydrogens (tertiary/aromatic N) is 2. The molecule has 0 aliphatic carbocycles. The van der Waals surface area contributed by atoms with Crippen molar-refractivity contribution < 1.29 is 0 Å². The van der Waals surface area contributed by atoms with Crippen LogP contribution in [0.25, 0.3) is 5.69 Å². The molecule has 0 spiro atoms. The molecule has 3 aromatic rings. The minimum absolute atomic E-state index is 0.162. The molecule has 6 heteroatoms. The van der Waals surface area contributed by atoms with Gasteiger partial charge in [-0.15, -0.1) is 0 Å². The summed E-state index contributed by atoms with van der Waals surface area (Å²) in [7, 11) is 0. The van der Waals surface area contributed by atoms with E-state index in [-0.39, 0.29) is 5.56 Å². The highest BCUT2D eigenvalue weighted by Crippen LogP contribution is 2.14. The highest BCUT2D eigenvalue weighted by atomic mass is 35.5. The van der Waals surface area contributed by atoms with Crippen LogP contribution < -0.4 is 11.0 Å². The predicted octanol–water partition coefficient (Wildman–Crippen LogP) is 3.88. The minimum atomic E-state index is -0.162. The summed E-state index contributed by atoms with van der Waals surface area (Å²) in [5, 5.41) is 7.86. The largest absolute Gasteiger partial charge is 0.295 e. The maximum atomic E-state index is 12.6. The Kier molecular flexibility index (Phi) is 4.53. The maximum absolute atomic E-state index is 12.6. The summed E-state index contributed by atoms with van der Waals surface area (Å²) in [5.74, 6) is 0. The number of nitrogens with one attached hydrogen (secondary N) is 2. The van der Waals surface area contributed by atoms with Crippen LogP contribution in [0.4, 0.5) is 5.69 Å². The summed E-state index contributed by atoms with van der Waals surface area (Å²) in [6.07, 6.45) is 1.53. The molecule has 0 unspecified atom stereocenters. The smallest absolute Gasteiger partial charge is 0.280 e. The quantitative estimate of drug-likeness (QED) is 0.559. The first-order valence-electron chi connectivity index (χ1n) is 7.48. The SMILES string of the molecule is Cc1ccccc1N/N=C/c1c(C)[nH]n(-c2ccc(Cl)cc2)c1=O. The van der Waals surface area contributed by atoms with Crippen molar-refractivity contribution in [3.05, 3.63) is 80.7 Å². The predicted molar refractivity (Wildman–Crippen MR) is 98.5 cm³/mol. The number of para-hydroxylation sites is 1. The van der Waals surface area contributed by atoms with E-state index >= 15 is 0 Å². The van der Waals surface area contributed by atoms with Gasteiger partial charge in [-0.25, -0.2) is 4.68 Å². The van der Waals surface area contributed by atoms with Crippen molar-refractivity contribution >= 4 is 23.5 Å². The number of benzene rings is 2. The molecule has 3 rings (SSSR count). The molecule has 24 heavy (non-hydrogen) atoms. The zero-order chi connectivity index (χ0) is 17.1. The van der Waals surface area contributed by atoms with Gasteiger partial charge in [0.25, 0.3) is 5.56 Å². The first-order valence-corrected chi connectivity index (χ1v) is 7.86. The van der Waals surface area contributed by atoms with Crippen molar-refractivity contribution in [3.63, 3.8) is 0 Å². The number of halogens is 1. The molecule has 1 heterocycles. The van der Waals surface area contributed by atoms with E-state index < -0.39 is 0 Å². The Hall–Kier alpha value is -2.79. The first-order chi connectivity index (χ1) is 11.6. The molecule has 0 radical (unpaired) electrons. The monoisotopic (exact) mass is 340 g/mol. The van der Waals surface area contributed by atoms with Crippen LogP contribution >= 0.6 is 11.6 Å². The van der Waals surface area contributed by atoms with E-state index in [0.29, 0.717) is 10.6 Å². The van der Waals surface area contributed by atoms with Crippen LogP contribution in [0.3, 0.4) is 0 Å². The van der Waals surface area contributed by atoms with Crippen molar-refractivity contribution in [2.45, 2.75) is 13.8 Å². The third kappa shape index (κ3) is 3.26. The van der Waals surface area contributed by atoms with E-state index in [0.717, 1.165) is 22.6 Å². The van der Waals surface area contributed by atoms with Crippen molar-refractivity contribution in [2.75, 3.05) is 5.43 Å². The molecule has 0 fully saturated rings. The second-order valence-electron chi connectivity index (χ2n) is 5.45. The van der Waals surface area contributed by atoms with Crippen LogP contribution in [0.5, 0.6) is 0 Å². The third-order valence-electron chi connectivity index (χ3n) is 3.73. The molecule has 1 aromatic heterocycles. The van der Waals surface area contributed by atoms with E-state index in [9.17, 15) is 4.79 Å². The van der Waals surface area contributed by atoms with Gasteiger partial charge in [0.2, 0.25) is 0 Å². The van der Waals surface area contributed by atoms with Crippen LogP contribution in [-0.2, 0) is 0 Å². The minimum Gasteiger partial charge on any atom is -0.295 e. The van der Waals surface area contributed by atoms with Crippen LogP contribution in [0, 0.1) is 13.8 Å². The van der Waals surface area contributed by atoms with Crippen LogP contribution in [0.1, 0.15) is 16.8 Å². The topological polar surface area (TPSA) is 62.2 Å². The lowest BCUT2D eigenvalue weighted by molar-refractivity contribution is 0.835.